The number of ether oxygens (including phenoxy) is 2. The van der Waals surface area contributed by atoms with E-state index in [4.69, 9.17) is 9.47 Å². The molecule has 0 aliphatic carbocycles. The van der Waals surface area contributed by atoms with Crippen LogP contribution in [0, 0.1) is 13.8 Å². The molecule has 8 heteroatoms. The summed E-state index contributed by atoms with van der Waals surface area (Å²) >= 11 is -1.38. The number of pyridine rings is 2. The molecule has 0 spiro atoms. The summed E-state index contributed by atoms with van der Waals surface area (Å²) in [5, 5.41) is 0.373. The van der Waals surface area contributed by atoms with Gasteiger partial charge in [-0.05, 0) is 39.8 Å². The fraction of sp³-hybridized carbons (Fsp3) is 0.389. The Morgan fingerprint density at radius 1 is 1.27 bits per heavy atom. The van der Waals surface area contributed by atoms with E-state index in [1.165, 1.54) is 0 Å². The van der Waals surface area contributed by atoms with Crippen molar-refractivity contribution in [3.63, 3.8) is 0 Å². The predicted molar refractivity (Wildman–Crippen MR) is 100 cm³/mol. The van der Waals surface area contributed by atoms with Gasteiger partial charge in [-0.1, -0.05) is 0 Å². The van der Waals surface area contributed by atoms with E-state index in [-0.39, 0.29) is 11.9 Å². The monoisotopic (exact) mass is 374 g/mol. The molecule has 138 valence electrons. The standard InChI is InChI=1S/C18H22N4O3S/c1-10(2)25-17-11(3)8-13-16(21-17)22-18(20-13)26(23)9-14-12(4)15(24-5)6-7-19-14/h6-8,10H,9H2,1-5H3,(H,20,21,22). The summed E-state index contributed by atoms with van der Waals surface area (Å²) in [6.07, 6.45) is 1.68. The number of nitrogens with one attached hydrogen (secondary N) is 1. The Labute approximate surface area is 155 Å². The lowest BCUT2D eigenvalue weighted by Gasteiger charge is -2.10. The van der Waals surface area contributed by atoms with E-state index >= 15 is 0 Å². The highest BCUT2D eigenvalue weighted by Gasteiger charge is 2.21. The second kappa shape index (κ2) is 7.51. The van der Waals surface area contributed by atoms with E-state index < -0.39 is 11.2 Å². The van der Waals surface area contributed by atoms with Gasteiger partial charge in [0.1, 0.15) is 11.3 Å². The molecule has 0 radical (unpaired) electrons. The van der Waals surface area contributed by atoms with Crippen molar-refractivity contribution in [1.82, 2.24) is 19.9 Å². The van der Waals surface area contributed by atoms with Gasteiger partial charge in [-0.2, -0.15) is 9.97 Å². The van der Waals surface area contributed by atoms with E-state index in [1.807, 2.05) is 33.8 Å². The number of fused-ring (bicyclic) bond motifs is 1. The number of aryl methyl sites for hydroxylation is 1. The number of rotatable bonds is 6. The molecule has 1 N–H and O–H groups in total. The second-order valence-electron chi connectivity index (χ2n) is 6.26. The number of methoxy groups -OCH3 is 1. The first-order chi connectivity index (χ1) is 12.4. The van der Waals surface area contributed by atoms with Gasteiger partial charge in [0.25, 0.3) is 0 Å². The lowest BCUT2D eigenvalue weighted by Crippen LogP contribution is -2.10. The zero-order valence-corrected chi connectivity index (χ0v) is 16.3. The molecule has 0 aliphatic heterocycles. The summed E-state index contributed by atoms with van der Waals surface area (Å²) in [6, 6.07) is 3.66. The Morgan fingerprint density at radius 3 is 2.73 bits per heavy atom. The van der Waals surface area contributed by atoms with Crippen LogP contribution in [0.4, 0.5) is 0 Å². The first kappa shape index (κ1) is 18.5. The van der Waals surface area contributed by atoms with E-state index in [0.717, 1.165) is 22.6 Å². The van der Waals surface area contributed by atoms with Gasteiger partial charge in [0.2, 0.25) is 5.88 Å². The number of aromatic amines is 1. The zero-order valence-electron chi connectivity index (χ0n) is 15.5. The highest BCUT2D eigenvalue weighted by molar-refractivity contribution is 7.90. The number of imidazole rings is 1. The molecule has 0 bridgehead atoms. The molecule has 0 fully saturated rings. The lowest BCUT2D eigenvalue weighted by molar-refractivity contribution is 0.231. The molecule has 7 nitrogen and oxygen atoms in total. The fourth-order valence-electron chi connectivity index (χ4n) is 2.57. The SMILES string of the molecule is COc1ccnc(C[S+]([O-])c2nc3cc(C)c(OC(C)C)nc3[nH]2)c1C. The summed E-state index contributed by atoms with van der Waals surface area (Å²) in [5.74, 6) is 1.53. The van der Waals surface area contributed by atoms with E-state index in [0.29, 0.717) is 22.2 Å². The molecular formula is C18H22N4O3S. The molecule has 0 saturated heterocycles. The maximum absolute atomic E-state index is 12.8. The van der Waals surface area contributed by atoms with Gasteiger partial charge in [-0.15, -0.1) is 0 Å². The minimum atomic E-state index is -1.38. The highest BCUT2D eigenvalue weighted by Crippen LogP contribution is 2.25. The summed E-state index contributed by atoms with van der Waals surface area (Å²) in [6.45, 7) is 7.71. The Kier molecular flexibility index (Phi) is 5.33. The molecule has 1 unspecified atom stereocenters. The van der Waals surface area contributed by atoms with Gasteiger partial charge in [-0.3, -0.25) is 9.97 Å². The average Bonchev–Trinajstić information content (AvgIpc) is 2.99. The molecule has 0 aromatic carbocycles. The van der Waals surface area contributed by atoms with Crippen LogP contribution in [0.3, 0.4) is 0 Å². The molecule has 0 amide bonds. The summed E-state index contributed by atoms with van der Waals surface area (Å²) in [4.78, 5) is 16.2. The topological polar surface area (TPSA) is 96.0 Å². The smallest absolute Gasteiger partial charge is 0.323 e. The van der Waals surface area contributed by atoms with Crippen LogP contribution in [0.15, 0.2) is 23.5 Å². The lowest BCUT2D eigenvalue weighted by atomic mass is 10.2. The van der Waals surface area contributed by atoms with Gasteiger partial charge >= 0.3 is 5.16 Å². The van der Waals surface area contributed by atoms with E-state index in [2.05, 4.69) is 19.9 Å². The van der Waals surface area contributed by atoms with E-state index in [1.54, 1.807) is 19.4 Å². The van der Waals surface area contributed by atoms with Gasteiger partial charge in [0.05, 0.1) is 18.9 Å². The molecule has 1 atom stereocenters. The third kappa shape index (κ3) is 3.76. The summed E-state index contributed by atoms with van der Waals surface area (Å²) in [7, 11) is 1.60. The quantitative estimate of drug-likeness (QED) is 0.666. The molecule has 0 aliphatic rings. The third-order valence-electron chi connectivity index (χ3n) is 3.90. The maximum atomic E-state index is 12.8. The molecule has 3 rings (SSSR count). The number of nitrogens with zero attached hydrogens (tertiary/aromatic N) is 3. The predicted octanol–water partition coefficient (Wildman–Crippen LogP) is 3.07. The number of aromatic nitrogens is 4. The van der Waals surface area contributed by atoms with Crippen LogP contribution in [-0.4, -0.2) is 37.7 Å². The van der Waals surface area contributed by atoms with Gasteiger partial charge in [0, 0.05) is 28.5 Å². The van der Waals surface area contributed by atoms with Crippen LogP contribution in [0.25, 0.3) is 11.2 Å². The van der Waals surface area contributed by atoms with Gasteiger partial charge < -0.3 is 14.0 Å². The van der Waals surface area contributed by atoms with Crippen LogP contribution >= 0.6 is 0 Å². The largest absolute Gasteiger partial charge is 0.609 e. The number of H-pyrrole nitrogens is 1. The zero-order chi connectivity index (χ0) is 18.8. The first-order valence-corrected chi connectivity index (χ1v) is 9.61. The molecule has 0 saturated carbocycles. The Morgan fingerprint density at radius 2 is 2.04 bits per heavy atom. The third-order valence-corrected chi connectivity index (χ3v) is 5.06. The van der Waals surface area contributed by atoms with Crippen molar-refractivity contribution in [1.29, 1.82) is 0 Å². The van der Waals surface area contributed by atoms with Crippen LogP contribution in [0.5, 0.6) is 11.6 Å². The number of hydrogen-bond acceptors (Lipinski definition) is 6. The Bertz CT molecular complexity index is 926. The molecule has 3 aromatic rings. The number of hydrogen-bond donors (Lipinski definition) is 1. The fourth-order valence-corrected chi connectivity index (χ4v) is 3.65. The maximum Gasteiger partial charge on any atom is 0.323 e. The van der Waals surface area contributed by atoms with Crippen LogP contribution in [-0.2, 0) is 16.9 Å². The van der Waals surface area contributed by atoms with Crippen molar-refractivity contribution in [3.8, 4) is 11.6 Å². The van der Waals surface area contributed by atoms with Crippen molar-refractivity contribution in [2.45, 2.75) is 44.7 Å². The first-order valence-electron chi connectivity index (χ1n) is 8.30. The van der Waals surface area contributed by atoms with Crippen molar-refractivity contribution in [2.75, 3.05) is 7.11 Å². The molecular weight excluding hydrogens is 352 g/mol. The highest BCUT2D eigenvalue weighted by atomic mass is 32.2. The van der Waals surface area contributed by atoms with Gasteiger partial charge in [-0.25, -0.2) is 0 Å². The molecule has 3 heterocycles. The van der Waals surface area contributed by atoms with E-state index in [9.17, 15) is 4.55 Å². The van der Waals surface area contributed by atoms with Crippen LogP contribution in [0.2, 0.25) is 0 Å². The van der Waals surface area contributed by atoms with Crippen molar-refractivity contribution in [2.24, 2.45) is 0 Å². The summed E-state index contributed by atoms with van der Waals surface area (Å²) in [5.41, 5.74) is 3.71. The van der Waals surface area contributed by atoms with Crippen molar-refractivity contribution < 1.29 is 14.0 Å². The van der Waals surface area contributed by atoms with Gasteiger partial charge in [0.15, 0.2) is 11.4 Å². The normalized spacial score (nSPS) is 12.6. The molecule has 26 heavy (non-hydrogen) atoms. The average molecular weight is 374 g/mol. The van der Waals surface area contributed by atoms with Crippen molar-refractivity contribution in [3.05, 3.63) is 35.2 Å². The van der Waals surface area contributed by atoms with Crippen molar-refractivity contribution >= 4 is 22.3 Å². The minimum Gasteiger partial charge on any atom is -0.609 e. The van der Waals surface area contributed by atoms with Crippen LogP contribution < -0.4 is 9.47 Å². The Balaban J connectivity index is 1.88. The second-order valence-corrected chi connectivity index (χ2v) is 7.63. The summed E-state index contributed by atoms with van der Waals surface area (Å²) < 4.78 is 23.8. The Hall–Kier alpha value is -2.32. The molecule has 3 aromatic heterocycles. The van der Waals surface area contributed by atoms with Crippen LogP contribution in [0.1, 0.15) is 30.7 Å². The minimum absolute atomic E-state index is 0.0253.